The third-order valence-electron chi connectivity index (χ3n) is 7.55. The fraction of sp³-hybridized carbons (Fsp3) is 0.462. The summed E-state index contributed by atoms with van der Waals surface area (Å²) in [6.07, 6.45) is -3.40. The Kier molecular flexibility index (Phi) is 8.60. The molecule has 3 N–H and O–H groups in total. The maximum absolute atomic E-state index is 14.4. The van der Waals surface area contributed by atoms with Crippen molar-refractivity contribution in [2.24, 2.45) is 11.7 Å². The summed E-state index contributed by atoms with van der Waals surface area (Å²) in [5.74, 6) is -8.12. The molecule has 0 bridgehead atoms. The number of furan rings is 1. The Morgan fingerprint density at radius 1 is 1.09 bits per heavy atom. The van der Waals surface area contributed by atoms with E-state index in [-0.39, 0.29) is 25.5 Å². The largest absolute Gasteiger partial charge is 0.480 e. The molecule has 17 heteroatoms. The maximum Gasteiger partial charge on any atom is 0.392 e. The number of nitrogens with zero attached hydrogens (tertiary/aromatic N) is 5. The average molecular weight is 627 g/mol. The monoisotopic (exact) mass is 626 g/mol. The Balaban J connectivity index is 1.58. The summed E-state index contributed by atoms with van der Waals surface area (Å²) < 4.78 is 83.1. The van der Waals surface area contributed by atoms with E-state index in [0.717, 1.165) is 9.87 Å². The fourth-order valence-electron chi connectivity index (χ4n) is 5.38. The minimum atomic E-state index is -4.94. The average Bonchev–Trinajstić information content (AvgIpc) is 3.77. The second-order valence-electron chi connectivity index (χ2n) is 10.2. The molecule has 4 heterocycles. The highest BCUT2D eigenvalue weighted by Gasteiger charge is 2.58. The normalized spacial score (nSPS) is 22.1. The van der Waals surface area contributed by atoms with Crippen molar-refractivity contribution in [2.45, 2.75) is 50.6 Å². The van der Waals surface area contributed by atoms with Crippen LogP contribution in [0.4, 0.5) is 13.2 Å². The molecule has 2 aliphatic rings. The second kappa shape index (κ2) is 12.1. The van der Waals surface area contributed by atoms with Crippen molar-refractivity contribution in [3.63, 3.8) is 0 Å². The molecule has 2 saturated heterocycles. The molecular formula is C26H29F3N6O7S. The van der Waals surface area contributed by atoms with Gasteiger partial charge in [-0.1, -0.05) is 24.3 Å². The van der Waals surface area contributed by atoms with Crippen LogP contribution in [0.5, 0.6) is 6.01 Å². The SMILES string of the molecule is NCc1ccc(COc2nc(C3C(C(=O)O)N(S(=O)(=O)N4CCCC4)CCC3C(F)(F)F)nn2C(=O)c2ccco2)cc1. The summed E-state index contributed by atoms with van der Waals surface area (Å²) in [5, 5.41) is 14.2. The Morgan fingerprint density at radius 3 is 2.35 bits per heavy atom. The molecule has 0 aliphatic carbocycles. The van der Waals surface area contributed by atoms with Crippen LogP contribution in [-0.2, 0) is 28.2 Å². The van der Waals surface area contributed by atoms with Crippen molar-refractivity contribution in [1.82, 2.24) is 23.4 Å². The summed E-state index contributed by atoms with van der Waals surface area (Å²) in [4.78, 5) is 29.9. The lowest BCUT2D eigenvalue weighted by Crippen LogP contribution is -2.59. The van der Waals surface area contributed by atoms with Gasteiger partial charge in [0.15, 0.2) is 11.6 Å². The van der Waals surface area contributed by atoms with E-state index < -0.39 is 70.9 Å². The Hall–Kier alpha value is -3.80. The van der Waals surface area contributed by atoms with E-state index in [4.69, 9.17) is 14.9 Å². The standard InChI is InChI=1S/C26H29F3N6O7S/c27-26(28,29)18-9-12-34(43(39,40)33-10-1-2-11-33)21(24(37)38)20(18)22-31-25(35(32-22)23(36)19-4-3-13-41-19)42-15-17-7-5-16(14-30)6-8-17/h3-8,13,18,20-21H,1-2,9-12,14-15,30H2,(H,37,38). The van der Waals surface area contributed by atoms with Gasteiger partial charge in [-0.3, -0.25) is 9.59 Å². The third-order valence-corrected chi connectivity index (χ3v) is 9.57. The molecule has 0 radical (unpaired) electrons. The van der Waals surface area contributed by atoms with Gasteiger partial charge in [0, 0.05) is 26.2 Å². The molecular weight excluding hydrogens is 597 g/mol. The minimum Gasteiger partial charge on any atom is -0.480 e. The molecule has 1 aromatic carbocycles. The zero-order valence-electron chi connectivity index (χ0n) is 22.7. The van der Waals surface area contributed by atoms with Crippen LogP contribution in [0.2, 0.25) is 0 Å². The number of rotatable bonds is 9. The number of hydrogen-bond donors (Lipinski definition) is 2. The molecule has 0 amide bonds. The first kappa shape index (κ1) is 30.7. The van der Waals surface area contributed by atoms with Crippen molar-refractivity contribution >= 4 is 22.1 Å². The van der Waals surface area contributed by atoms with E-state index in [1.165, 1.54) is 18.4 Å². The first-order valence-electron chi connectivity index (χ1n) is 13.4. The summed E-state index contributed by atoms with van der Waals surface area (Å²) in [7, 11) is -4.44. The highest BCUT2D eigenvalue weighted by Crippen LogP contribution is 2.46. The fourth-order valence-corrected chi connectivity index (χ4v) is 7.24. The van der Waals surface area contributed by atoms with E-state index in [9.17, 15) is 36.3 Å². The molecule has 0 spiro atoms. The molecule has 43 heavy (non-hydrogen) atoms. The Morgan fingerprint density at radius 2 is 1.77 bits per heavy atom. The van der Waals surface area contributed by atoms with E-state index >= 15 is 0 Å². The predicted molar refractivity (Wildman–Crippen MR) is 142 cm³/mol. The number of alkyl halides is 3. The number of carbonyl (C=O) groups is 2. The number of benzene rings is 1. The third kappa shape index (κ3) is 6.15. The Labute approximate surface area is 244 Å². The van der Waals surface area contributed by atoms with Crippen LogP contribution in [0.3, 0.4) is 0 Å². The number of carbonyl (C=O) groups excluding carboxylic acids is 1. The molecule has 5 rings (SSSR count). The van der Waals surface area contributed by atoms with Gasteiger partial charge in [0.25, 0.3) is 10.2 Å². The van der Waals surface area contributed by atoms with Crippen LogP contribution < -0.4 is 10.5 Å². The first-order valence-corrected chi connectivity index (χ1v) is 14.8. The molecule has 13 nitrogen and oxygen atoms in total. The summed E-state index contributed by atoms with van der Waals surface area (Å²) in [5.41, 5.74) is 7.07. The Bertz CT molecular complexity index is 1550. The van der Waals surface area contributed by atoms with Gasteiger partial charge in [-0.2, -0.15) is 35.2 Å². The van der Waals surface area contributed by atoms with E-state index in [0.29, 0.717) is 33.9 Å². The van der Waals surface area contributed by atoms with Crippen molar-refractivity contribution in [3.05, 3.63) is 65.4 Å². The molecule has 2 aliphatic heterocycles. The van der Waals surface area contributed by atoms with Crippen LogP contribution >= 0.6 is 0 Å². The molecule has 2 fully saturated rings. The number of nitrogens with two attached hydrogens (primary N) is 1. The van der Waals surface area contributed by atoms with Gasteiger partial charge in [0.2, 0.25) is 0 Å². The molecule has 3 unspecified atom stereocenters. The lowest BCUT2D eigenvalue weighted by atomic mass is 9.79. The van der Waals surface area contributed by atoms with E-state index in [2.05, 4.69) is 10.1 Å². The molecule has 3 atom stereocenters. The van der Waals surface area contributed by atoms with Crippen LogP contribution in [0, 0.1) is 5.92 Å². The zero-order valence-corrected chi connectivity index (χ0v) is 23.5. The topological polar surface area (TPSA) is 174 Å². The minimum absolute atomic E-state index is 0.118. The van der Waals surface area contributed by atoms with Gasteiger partial charge < -0.3 is 20.0 Å². The smallest absolute Gasteiger partial charge is 0.392 e. The number of ether oxygens (including phenoxy) is 1. The molecule has 0 saturated carbocycles. The van der Waals surface area contributed by atoms with Gasteiger partial charge >= 0.3 is 24.1 Å². The maximum atomic E-state index is 14.4. The summed E-state index contributed by atoms with van der Waals surface area (Å²) in [6.45, 7) is -0.321. The molecule has 232 valence electrons. The number of aromatic nitrogens is 3. The highest BCUT2D eigenvalue weighted by atomic mass is 32.2. The quantitative estimate of drug-likeness (QED) is 0.359. The van der Waals surface area contributed by atoms with E-state index in [1.807, 2.05) is 0 Å². The number of aliphatic carboxylic acids is 1. The number of carboxylic acids is 1. The van der Waals surface area contributed by atoms with Crippen molar-refractivity contribution in [2.75, 3.05) is 19.6 Å². The van der Waals surface area contributed by atoms with Crippen LogP contribution in [0.25, 0.3) is 0 Å². The van der Waals surface area contributed by atoms with Gasteiger partial charge in [-0.05, 0) is 42.5 Å². The van der Waals surface area contributed by atoms with Gasteiger partial charge in [0.05, 0.1) is 18.1 Å². The van der Waals surface area contributed by atoms with Crippen molar-refractivity contribution < 1.29 is 45.4 Å². The lowest BCUT2D eigenvalue weighted by Gasteiger charge is -2.42. The van der Waals surface area contributed by atoms with Gasteiger partial charge in [-0.25, -0.2) is 0 Å². The molecule has 3 aromatic rings. The number of halogens is 3. The van der Waals surface area contributed by atoms with Crippen LogP contribution in [0.1, 0.15) is 52.7 Å². The van der Waals surface area contributed by atoms with Gasteiger partial charge in [0.1, 0.15) is 12.6 Å². The number of hydrogen-bond acceptors (Lipinski definition) is 9. The number of piperidine rings is 1. The zero-order chi connectivity index (χ0) is 30.9. The second-order valence-corrected chi connectivity index (χ2v) is 12.1. The lowest BCUT2D eigenvalue weighted by molar-refractivity contribution is -0.196. The highest BCUT2D eigenvalue weighted by molar-refractivity contribution is 7.86. The van der Waals surface area contributed by atoms with Crippen molar-refractivity contribution in [3.8, 4) is 6.01 Å². The van der Waals surface area contributed by atoms with Crippen LogP contribution in [-0.4, -0.2) is 80.6 Å². The van der Waals surface area contributed by atoms with E-state index in [1.54, 1.807) is 24.3 Å². The van der Waals surface area contributed by atoms with Gasteiger partial charge in [-0.15, -0.1) is 9.78 Å². The molecule has 2 aromatic heterocycles. The van der Waals surface area contributed by atoms with Crippen molar-refractivity contribution in [1.29, 1.82) is 0 Å². The predicted octanol–water partition coefficient (Wildman–Crippen LogP) is 2.36. The number of carboxylic acid groups (broad SMARTS) is 1. The van der Waals surface area contributed by atoms with Crippen LogP contribution in [0.15, 0.2) is 47.1 Å². The summed E-state index contributed by atoms with van der Waals surface area (Å²) in [6, 6.07) is 6.84. The summed E-state index contributed by atoms with van der Waals surface area (Å²) >= 11 is 0. The first-order chi connectivity index (χ1) is 20.4.